The number of H-pyrrole nitrogens is 1. The van der Waals surface area contributed by atoms with Crippen LogP contribution in [0, 0.1) is 0 Å². The number of hydrogen-bond donors (Lipinski definition) is 1. The summed E-state index contributed by atoms with van der Waals surface area (Å²) in [4.78, 5) is 16.1. The van der Waals surface area contributed by atoms with E-state index in [1.807, 2.05) is 23.6 Å². The van der Waals surface area contributed by atoms with Gasteiger partial charge in [0.2, 0.25) is 5.78 Å². The second kappa shape index (κ2) is 4.53. The van der Waals surface area contributed by atoms with E-state index in [2.05, 4.69) is 20.9 Å². The second-order valence-electron chi connectivity index (χ2n) is 3.82. The standard InChI is InChI=1S/C13H7BrClNOS/c14-7-1-2-11-8(5-7)9(6-16-11)12(17)13-10(15)3-4-18-13/h1-6,16H. The third kappa shape index (κ3) is 1.90. The van der Waals surface area contributed by atoms with E-state index in [1.54, 1.807) is 12.3 Å². The van der Waals surface area contributed by atoms with Gasteiger partial charge in [0.1, 0.15) is 0 Å². The van der Waals surface area contributed by atoms with Crippen molar-refractivity contribution >= 4 is 55.6 Å². The molecule has 0 unspecified atom stereocenters. The van der Waals surface area contributed by atoms with Gasteiger partial charge >= 0.3 is 0 Å². The van der Waals surface area contributed by atoms with Gasteiger partial charge in [-0.05, 0) is 29.6 Å². The van der Waals surface area contributed by atoms with Gasteiger partial charge in [-0.3, -0.25) is 4.79 Å². The fraction of sp³-hybridized carbons (Fsp3) is 0. The third-order valence-electron chi connectivity index (χ3n) is 2.71. The predicted molar refractivity (Wildman–Crippen MR) is 78.8 cm³/mol. The molecule has 1 N–H and O–H groups in total. The number of carbonyl (C=O) groups is 1. The number of fused-ring (bicyclic) bond motifs is 1. The maximum Gasteiger partial charge on any atom is 0.206 e. The summed E-state index contributed by atoms with van der Waals surface area (Å²) in [5.41, 5.74) is 1.59. The lowest BCUT2D eigenvalue weighted by Gasteiger charge is -1.98. The Labute approximate surface area is 121 Å². The molecule has 2 heterocycles. The number of benzene rings is 1. The average Bonchev–Trinajstić information content (AvgIpc) is 2.94. The first-order valence-corrected chi connectivity index (χ1v) is 7.26. The van der Waals surface area contributed by atoms with Crippen LogP contribution in [0.25, 0.3) is 10.9 Å². The molecule has 0 amide bonds. The van der Waals surface area contributed by atoms with Crippen LogP contribution in [0.5, 0.6) is 0 Å². The van der Waals surface area contributed by atoms with Gasteiger partial charge in [0.15, 0.2) is 0 Å². The summed E-state index contributed by atoms with van der Waals surface area (Å²) in [6.45, 7) is 0. The number of rotatable bonds is 2. The van der Waals surface area contributed by atoms with Crippen molar-refractivity contribution in [1.29, 1.82) is 0 Å². The van der Waals surface area contributed by atoms with Gasteiger partial charge in [-0.25, -0.2) is 0 Å². The van der Waals surface area contributed by atoms with Crippen molar-refractivity contribution in [3.05, 3.63) is 55.8 Å². The minimum absolute atomic E-state index is 0.0423. The number of thiophene rings is 1. The van der Waals surface area contributed by atoms with Gasteiger partial charge in [-0.1, -0.05) is 27.5 Å². The zero-order valence-electron chi connectivity index (χ0n) is 9.04. The molecule has 0 aliphatic carbocycles. The van der Waals surface area contributed by atoms with Crippen LogP contribution in [0.3, 0.4) is 0 Å². The molecule has 2 aromatic heterocycles. The SMILES string of the molecule is O=C(c1sccc1Cl)c1c[nH]c2ccc(Br)cc12. The summed E-state index contributed by atoms with van der Waals surface area (Å²) in [7, 11) is 0. The van der Waals surface area contributed by atoms with E-state index < -0.39 is 0 Å². The Balaban J connectivity index is 2.18. The lowest BCUT2D eigenvalue weighted by Crippen LogP contribution is -1.97. The summed E-state index contributed by atoms with van der Waals surface area (Å²) >= 11 is 10.8. The normalized spacial score (nSPS) is 11.0. The van der Waals surface area contributed by atoms with Gasteiger partial charge in [-0.15, -0.1) is 11.3 Å². The molecule has 0 spiro atoms. The Morgan fingerprint density at radius 1 is 1.33 bits per heavy atom. The Kier molecular flexibility index (Phi) is 3.01. The summed E-state index contributed by atoms with van der Waals surface area (Å²) < 4.78 is 0.945. The van der Waals surface area contributed by atoms with Gasteiger partial charge in [-0.2, -0.15) is 0 Å². The van der Waals surface area contributed by atoms with Gasteiger partial charge in [0.05, 0.1) is 9.90 Å². The van der Waals surface area contributed by atoms with Crippen LogP contribution < -0.4 is 0 Å². The number of carbonyl (C=O) groups excluding carboxylic acids is 1. The molecule has 0 saturated carbocycles. The van der Waals surface area contributed by atoms with E-state index in [0.717, 1.165) is 15.4 Å². The smallest absolute Gasteiger partial charge is 0.206 e. The van der Waals surface area contributed by atoms with E-state index >= 15 is 0 Å². The minimum Gasteiger partial charge on any atom is -0.360 e. The van der Waals surface area contributed by atoms with Gasteiger partial charge in [0.25, 0.3) is 0 Å². The Hall–Kier alpha value is -1.10. The Bertz CT molecular complexity index is 746. The van der Waals surface area contributed by atoms with E-state index in [0.29, 0.717) is 15.5 Å². The molecule has 0 aliphatic heterocycles. The predicted octanol–water partition coefficient (Wildman–Crippen LogP) is 4.88. The molecule has 0 aliphatic rings. The number of nitrogens with one attached hydrogen (secondary N) is 1. The van der Waals surface area contributed by atoms with E-state index in [-0.39, 0.29) is 5.78 Å². The molecule has 0 radical (unpaired) electrons. The van der Waals surface area contributed by atoms with Crippen LogP contribution in [0.15, 0.2) is 40.3 Å². The van der Waals surface area contributed by atoms with Crippen molar-refractivity contribution in [1.82, 2.24) is 4.98 Å². The van der Waals surface area contributed by atoms with Crippen LogP contribution >= 0.6 is 38.9 Å². The molecule has 18 heavy (non-hydrogen) atoms. The first-order chi connectivity index (χ1) is 8.66. The van der Waals surface area contributed by atoms with Crippen molar-refractivity contribution in [3.8, 4) is 0 Å². The largest absolute Gasteiger partial charge is 0.360 e. The van der Waals surface area contributed by atoms with Gasteiger partial charge in [0, 0.05) is 27.1 Å². The fourth-order valence-electron chi connectivity index (χ4n) is 1.86. The van der Waals surface area contributed by atoms with Crippen molar-refractivity contribution < 1.29 is 4.79 Å². The Morgan fingerprint density at radius 2 is 2.17 bits per heavy atom. The number of hydrogen-bond acceptors (Lipinski definition) is 2. The quantitative estimate of drug-likeness (QED) is 0.663. The van der Waals surface area contributed by atoms with Crippen LogP contribution in [0.4, 0.5) is 0 Å². The van der Waals surface area contributed by atoms with Crippen LogP contribution in [0.2, 0.25) is 5.02 Å². The first kappa shape index (κ1) is 12.0. The lowest BCUT2D eigenvalue weighted by molar-refractivity contribution is 0.104. The van der Waals surface area contributed by atoms with E-state index in [4.69, 9.17) is 11.6 Å². The molecule has 5 heteroatoms. The van der Waals surface area contributed by atoms with E-state index in [9.17, 15) is 4.79 Å². The first-order valence-electron chi connectivity index (χ1n) is 5.21. The highest BCUT2D eigenvalue weighted by atomic mass is 79.9. The molecule has 0 fully saturated rings. The molecular formula is C13H7BrClNOS. The molecule has 3 rings (SSSR count). The van der Waals surface area contributed by atoms with Crippen LogP contribution in [-0.2, 0) is 0 Å². The molecule has 0 bridgehead atoms. The minimum atomic E-state index is -0.0423. The second-order valence-corrected chi connectivity index (χ2v) is 6.06. The molecule has 3 aromatic rings. The van der Waals surface area contributed by atoms with Crippen molar-refractivity contribution in [2.75, 3.05) is 0 Å². The monoisotopic (exact) mass is 339 g/mol. The van der Waals surface area contributed by atoms with Crippen LogP contribution in [0.1, 0.15) is 15.2 Å². The zero-order valence-corrected chi connectivity index (χ0v) is 12.2. The summed E-state index contributed by atoms with van der Waals surface area (Å²) in [5, 5.41) is 3.23. The molecule has 90 valence electrons. The third-order valence-corrected chi connectivity index (χ3v) is 4.55. The number of aromatic amines is 1. The maximum atomic E-state index is 12.4. The number of aromatic nitrogens is 1. The summed E-state index contributed by atoms with van der Waals surface area (Å²) in [6, 6.07) is 7.54. The Morgan fingerprint density at radius 3 is 2.89 bits per heavy atom. The zero-order chi connectivity index (χ0) is 12.7. The average molecular weight is 341 g/mol. The van der Waals surface area contributed by atoms with Crippen LogP contribution in [-0.4, -0.2) is 10.8 Å². The highest BCUT2D eigenvalue weighted by molar-refractivity contribution is 9.10. The lowest BCUT2D eigenvalue weighted by atomic mass is 10.1. The van der Waals surface area contributed by atoms with Crippen molar-refractivity contribution in [3.63, 3.8) is 0 Å². The fourth-order valence-corrected chi connectivity index (χ4v) is 3.31. The molecular weight excluding hydrogens is 334 g/mol. The highest BCUT2D eigenvalue weighted by Crippen LogP contribution is 2.29. The molecule has 2 nitrogen and oxygen atoms in total. The van der Waals surface area contributed by atoms with Crippen molar-refractivity contribution in [2.45, 2.75) is 0 Å². The van der Waals surface area contributed by atoms with Gasteiger partial charge < -0.3 is 4.98 Å². The number of ketones is 1. The molecule has 0 atom stereocenters. The molecule has 0 saturated heterocycles. The maximum absolute atomic E-state index is 12.4. The molecule has 1 aromatic carbocycles. The highest BCUT2D eigenvalue weighted by Gasteiger charge is 2.18. The van der Waals surface area contributed by atoms with Crippen molar-refractivity contribution in [2.24, 2.45) is 0 Å². The topological polar surface area (TPSA) is 32.9 Å². The van der Waals surface area contributed by atoms with E-state index in [1.165, 1.54) is 11.3 Å². The summed E-state index contributed by atoms with van der Waals surface area (Å²) in [5.74, 6) is -0.0423. The summed E-state index contributed by atoms with van der Waals surface area (Å²) in [6.07, 6.45) is 1.73. The number of halogens is 2.